The molecule has 0 aromatic rings. The van der Waals surface area contributed by atoms with Gasteiger partial charge in [-0.1, -0.05) is 6.92 Å². The van der Waals surface area contributed by atoms with E-state index in [2.05, 4.69) is 0 Å². The van der Waals surface area contributed by atoms with Gasteiger partial charge in [0.1, 0.15) is 24.4 Å². The van der Waals surface area contributed by atoms with Crippen molar-refractivity contribution in [3.63, 3.8) is 0 Å². The Hall–Kier alpha value is -0.320. The monoisotopic (exact) mass is 337 g/mol. The third-order valence-electron chi connectivity index (χ3n) is 4.30. The topological polar surface area (TPSA) is 135 Å². The van der Waals surface area contributed by atoms with E-state index in [4.69, 9.17) is 25.1 Å². The molecule has 0 aliphatic carbocycles. The number of nitrogens with two attached hydrogens (primary N) is 1. The van der Waals surface area contributed by atoms with Crippen LogP contribution in [0.3, 0.4) is 0 Å². The number of ether oxygens (including phenoxy) is 3. The lowest BCUT2D eigenvalue weighted by Gasteiger charge is -2.44. The lowest BCUT2D eigenvalue weighted by atomic mass is 9.95. The molecule has 1 fully saturated rings. The van der Waals surface area contributed by atoms with Gasteiger partial charge in [-0.15, -0.1) is 0 Å². The summed E-state index contributed by atoms with van der Waals surface area (Å²) in [6.07, 6.45) is -5.28. The zero-order valence-corrected chi connectivity index (χ0v) is 14.5. The van der Waals surface area contributed by atoms with Crippen LogP contribution in [0.4, 0.5) is 0 Å². The zero-order valence-electron chi connectivity index (χ0n) is 14.5. The highest BCUT2D eigenvalue weighted by Crippen LogP contribution is 2.28. The molecule has 6 N–H and O–H groups in total. The molecule has 1 aliphatic heterocycles. The average Bonchev–Trinajstić information content (AvgIpc) is 2.44. The summed E-state index contributed by atoms with van der Waals surface area (Å²) in [4.78, 5) is 0. The van der Waals surface area contributed by atoms with Crippen LogP contribution in [0.5, 0.6) is 0 Å². The summed E-state index contributed by atoms with van der Waals surface area (Å²) in [5, 5.41) is 39.6. The number of hydrogen-bond donors (Lipinski definition) is 5. The second-order valence-corrected chi connectivity index (χ2v) is 6.80. The van der Waals surface area contributed by atoms with Crippen LogP contribution in [0.2, 0.25) is 0 Å². The van der Waals surface area contributed by atoms with Gasteiger partial charge in [0.15, 0.2) is 12.1 Å². The molecule has 1 rings (SSSR count). The molecule has 0 aromatic carbocycles. The lowest BCUT2D eigenvalue weighted by Crippen LogP contribution is -2.61. The van der Waals surface area contributed by atoms with Crippen molar-refractivity contribution in [2.75, 3.05) is 6.61 Å². The molecular formula is C15H31NO7. The molecule has 1 heterocycles. The molecule has 0 aromatic heterocycles. The van der Waals surface area contributed by atoms with Gasteiger partial charge in [-0.3, -0.25) is 0 Å². The first kappa shape index (κ1) is 20.7. The van der Waals surface area contributed by atoms with E-state index in [1.807, 2.05) is 0 Å². The van der Waals surface area contributed by atoms with Crippen LogP contribution < -0.4 is 5.73 Å². The van der Waals surface area contributed by atoms with E-state index in [0.29, 0.717) is 6.42 Å². The molecule has 138 valence electrons. The van der Waals surface area contributed by atoms with Crippen LogP contribution in [0.15, 0.2) is 0 Å². The molecule has 0 amide bonds. The molecule has 6 unspecified atom stereocenters. The van der Waals surface area contributed by atoms with Crippen molar-refractivity contribution >= 4 is 0 Å². The van der Waals surface area contributed by atoms with E-state index in [1.54, 1.807) is 27.7 Å². The van der Waals surface area contributed by atoms with Gasteiger partial charge in [0.2, 0.25) is 0 Å². The van der Waals surface area contributed by atoms with E-state index in [9.17, 15) is 15.3 Å². The molecule has 23 heavy (non-hydrogen) atoms. The number of hydrogen-bond acceptors (Lipinski definition) is 8. The van der Waals surface area contributed by atoms with Crippen molar-refractivity contribution in [2.24, 2.45) is 5.73 Å². The molecule has 8 heteroatoms. The first-order valence-electron chi connectivity index (χ1n) is 7.91. The minimum absolute atomic E-state index is 0.391. The quantitative estimate of drug-likeness (QED) is 0.376. The van der Waals surface area contributed by atoms with Crippen LogP contribution in [-0.2, 0) is 14.2 Å². The van der Waals surface area contributed by atoms with Gasteiger partial charge in [0.25, 0.3) is 0 Å². The smallest absolute Gasteiger partial charge is 0.183 e. The van der Waals surface area contributed by atoms with Crippen molar-refractivity contribution in [2.45, 2.75) is 89.2 Å². The van der Waals surface area contributed by atoms with E-state index >= 15 is 0 Å². The Bertz CT molecular complexity index is 371. The average molecular weight is 337 g/mol. The summed E-state index contributed by atoms with van der Waals surface area (Å²) < 4.78 is 16.7. The highest BCUT2D eigenvalue weighted by molar-refractivity contribution is 4.92. The summed E-state index contributed by atoms with van der Waals surface area (Å²) in [5.41, 5.74) is 4.86. The fourth-order valence-electron chi connectivity index (χ4n) is 2.26. The first-order valence-corrected chi connectivity index (χ1v) is 7.91. The maximum Gasteiger partial charge on any atom is 0.183 e. The number of rotatable bonds is 7. The molecular weight excluding hydrogens is 306 g/mol. The summed E-state index contributed by atoms with van der Waals surface area (Å²) in [5.74, 6) is -1.65. The summed E-state index contributed by atoms with van der Waals surface area (Å²) in [6, 6.07) is 0. The Morgan fingerprint density at radius 1 is 1.22 bits per heavy atom. The molecule has 0 bridgehead atoms. The van der Waals surface area contributed by atoms with Crippen LogP contribution in [-0.4, -0.2) is 75.2 Å². The van der Waals surface area contributed by atoms with Gasteiger partial charge in [0, 0.05) is 0 Å². The molecule has 1 aliphatic rings. The minimum atomic E-state index is -1.65. The van der Waals surface area contributed by atoms with Gasteiger partial charge in [-0.25, -0.2) is 0 Å². The van der Waals surface area contributed by atoms with E-state index < -0.39 is 54.7 Å². The fraction of sp³-hybridized carbons (Fsp3) is 1.00. The molecule has 1 saturated heterocycles. The van der Waals surface area contributed by atoms with Crippen LogP contribution in [0.25, 0.3) is 0 Å². The molecule has 0 spiro atoms. The maximum atomic E-state index is 10.3. The largest absolute Gasteiger partial charge is 0.394 e. The third-order valence-corrected chi connectivity index (χ3v) is 4.30. The molecule has 7 atom stereocenters. The Morgan fingerprint density at radius 3 is 2.22 bits per heavy atom. The van der Waals surface area contributed by atoms with Gasteiger partial charge in [0.05, 0.1) is 18.2 Å². The van der Waals surface area contributed by atoms with Gasteiger partial charge >= 0.3 is 0 Å². The van der Waals surface area contributed by atoms with Gasteiger partial charge in [-0.2, -0.15) is 0 Å². The van der Waals surface area contributed by atoms with Crippen molar-refractivity contribution in [3.8, 4) is 0 Å². The highest BCUT2D eigenvalue weighted by atomic mass is 16.7. The van der Waals surface area contributed by atoms with Crippen LogP contribution in [0.1, 0.15) is 41.0 Å². The zero-order chi connectivity index (χ0) is 18.0. The molecule has 8 nitrogen and oxygen atoms in total. The SMILES string of the molecule is CCC(OC1C(C)OC(CO)[C@H](O)C1O)OC(C)(O)C(C)(C)N. The Kier molecular flexibility index (Phi) is 6.95. The van der Waals surface area contributed by atoms with Crippen molar-refractivity contribution in [1.82, 2.24) is 0 Å². The predicted molar refractivity (Wildman–Crippen MR) is 82.4 cm³/mol. The van der Waals surface area contributed by atoms with Crippen molar-refractivity contribution in [1.29, 1.82) is 0 Å². The van der Waals surface area contributed by atoms with Crippen molar-refractivity contribution < 1.29 is 34.6 Å². The Labute approximate surface area is 137 Å². The van der Waals surface area contributed by atoms with E-state index in [-0.39, 0.29) is 0 Å². The highest BCUT2D eigenvalue weighted by Gasteiger charge is 2.45. The van der Waals surface area contributed by atoms with Gasteiger partial charge < -0.3 is 40.4 Å². The van der Waals surface area contributed by atoms with Crippen molar-refractivity contribution in [3.05, 3.63) is 0 Å². The van der Waals surface area contributed by atoms with E-state index in [0.717, 1.165) is 0 Å². The molecule has 0 radical (unpaired) electrons. The Morgan fingerprint density at radius 2 is 1.78 bits per heavy atom. The van der Waals surface area contributed by atoms with Crippen LogP contribution in [0, 0.1) is 0 Å². The number of aliphatic hydroxyl groups is 4. The summed E-state index contributed by atoms with van der Waals surface area (Å²) in [6.45, 7) is 7.73. The van der Waals surface area contributed by atoms with Gasteiger partial charge in [-0.05, 0) is 34.1 Å². The predicted octanol–water partition coefficient (Wildman–Crippen LogP) is -0.928. The number of aliphatic hydroxyl groups excluding tert-OH is 3. The second kappa shape index (κ2) is 7.71. The maximum absolute atomic E-state index is 10.3. The minimum Gasteiger partial charge on any atom is -0.394 e. The Balaban J connectivity index is 2.79. The van der Waals surface area contributed by atoms with Crippen LogP contribution >= 0.6 is 0 Å². The third kappa shape index (κ3) is 4.83. The molecule has 0 saturated carbocycles. The lowest BCUT2D eigenvalue weighted by molar-refractivity contribution is -0.338. The second-order valence-electron chi connectivity index (χ2n) is 6.80. The summed E-state index contributed by atoms with van der Waals surface area (Å²) >= 11 is 0. The standard InChI is InChI=1S/C15H31NO7/c1-6-10(23-15(5,20)14(3,4)16)22-13-8(2)21-9(7-17)11(18)12(13)19/h8-13,17-20H,6-7,16H2,1-5H3/t8?,9?,10?,11-,12?,13?,15?/m0/s1. The fourth-order valence-corrected chi connectivity index (χ4v) is 2.26. The first-order chi connectivity index (χ1) is 10.4. The van der Waals surface area contributed by atoms with E-state index in [1.165, 1.54) is 6.92 Å². The summed E-state index contributed by atoms with van der Waals surface area (Å²) in [7, 11) is 0. The normalized spacial score (nSPS) is 36.5.